The molecule has 31 heavy (non-hydrogen) atoms. The van der Waals surface area contributed by atoms with Crippen LogP contribution in [0.5, 0.6) is 5.75 Å². The van der Waals surface area contributed by atoms with Gasteiger partial charge in [0.1, 0.15) is 11.9 Å². The second-order valence-corrected chi connectivity index (χ2v) is 8.87. The standard InChI is InChI=1S/C24H32N2O5/c1-25(2)12-5-13-26-21(15-6-8-16(29-3)9-7-15)20-22(27)18-11-10-17(30-4)14-19(18)31-23(20)24(26)28/h6-9,17-19,21H,5,10-14H2,1-4H3. The van der Waals surface area contributed by atoms with Crippen LogP contribution in [0.4, 0.5) is 0 Å². The zero-order valence-corrected chi connectivity index (χ0v) is 18.8. The Labute approximate surface area is 183 Å². The molecule has 7 heteroatoms. The van der Waals surface area contributed by atoms with E-state index in [1.54, 1.807) is 19.1 Å². The van der Waals surface area contributed by atoms with Crippen molar-refractivity contribution < 1.29 is 23.8 Å². The molecule has 1 amide bonds. The van der Waals surface area contributed by atoms with Gasteiger partial charge >= 0.3 is 0 Å². The molecule has 0 radical (unpaired) electrons. The Balaban J connectivity index is 1.68. The van der Waals surface area contributed by atoms with Gasteiger partial charge in [0.05, 0.1) is 30.7 Å². The van der Waals surface area contributed by atoms with Crippen LogP contribution >= 0.6 is 0 Å². The van der Waals surface area contributed by atoms with Gasteiger partial charge in [0.15, 0.2) is 11.5 Å². The highest BCUT2D eigenvalue weighted by molar-refractivity contribution is 6.11. The molecule has 0 aromatic heterocycles. The number of hydrogen-bond donors (Lipinski definition) is 0. The Bertz CT molecular complexity index is 863. The first-order chi connectivity index (χ1) is 14.9. The SMILES string of the molecule is COc1ccc(C2C3=C(OC4CC(OC)CCC4C3=O)C(=O)N2CCCN(C)C)cc1. The molecule has 4 unspecified atom stereocenters. The van der Waals surface area contributed by atoms with Gasteiger partial charge in [-0.3, -0.25) is 9.59 Å². The maximum absolute atomic E-state index is 13.6. The Morgan fingerprint density at radius 1 is 1.13 bits per heavy atom. The van der Waals surface area contributed by atoms with E-state index in [0.29, 0.717) is 18.5 Å². The van der Waals surface area contributed by atoms with E-state index in [9.17, 15) is 9.59 Å². The van der Waals surface area contributed by atoms with Gasteiger partial charge < -0.3 is 24.0 Å². The molecule has 1 saturated carbocycles. The number of carbonyl (C=O) groups excluding carboxylic acids is 2. The lowest BCUT2D eigenvalue weighted by atomic mass is 9.76. The molecule has 0 bridgehead atoms. The molecule has 0 saturated heterocycles. The molecule has 4 rings (SSSR count). The maximum atomic E-state index is 13.6. The zero-order chi connectivity index (χ0) is 22.1. The van der Waals surface area contributed by atoms with Crippen molar-refractivity contribution in [1.29, 1.82) is 0 Å². The predicted octanol–water partition coefficient (Wildman–Crippen LogP) is 2.57. The minimum absolute atomic E-state index is 0.0603. The highest BCUT2D eigenvalue weighted by Gasteiger charge is 2.52. The molecule has 0 spiro atoms. The third-order valence-corrected chi connectivity index (χ3v) is 6.67. The van der Waals surface area contributed by atoms with Crippen molar-refractivity contribution in [3.05, 3.63) is 41.2 Å². The highest BCUT2D eigenvalue weighted by atomic mass is 16.5. The topological polar surface area (TPSA) is 68.3 Å². The summed E-state index contributed by atoms with van der Waals surface area (Å²) in [5.41, 5.74) is 1.43. The number of ketones is 1. The number of ether oxygens (including phenoxy) is 3. The van der Waals surface area contributed by atoms with E-state index in [1.807, 2.05) is 38.4 Å². The summed E-state index contributed by atoms with van der Waals surface area (Å²) in [4.78, 5) is 30.9. The predicted molar refractivity (Wildman–Crippen MR) is 116 cm³/mol. The molecule has 1 aromatic rings. The van der Waals surface area contributed by atoms with Crippen molar-refractivity contribution in [3.63, 3.8) is 0 Å². The Morgan fingerprint density at radius 3 is 2.52 bits per heavy atom. The quantitative estimate of drug-likeness (QED) is 0.665. The smallest absolute Gasteiger partial charge is 0.290 e. The summed E-state index contributed by atoms with van der Waals surface area (Å²) >= 11 is 0. The molecule has 7 nitrogen and oxygen atoms in total. The van der Waals surface area contributed by atoms with Crippen molar-refractivity contribution in [2.45, 2.75) is 43.9 Å². The summed E-state index contributed by atoms with van der Waals surface area (Å²) in [7, 11) is 7.34. The van der Waals surface area contributed by atoms with Crippen LogP contribution in [0.2, 0.25) is 0 Å². The van der Waals surface area contributed by atoms with Gasteiger partial charge in [0.25, 0.3) is 5.91 Å². The molecule has 1 aromatic carbocycles. The number of methoxy groups -OCH3 is 2. The summed E-state index contributed by atoms with van der Waals surface area (Å²) in [5, 5.41) is 0. The van der Waals surface area contributed by atoms with E-state index in [4.69, 9.17) is 14.2 Å². The van der Waals surface area contributed by atoms with Gasteiger partial charge in [-0.2, -0.15) is 0 Å². The molecule has 168 valence electrons. The van der Waals surface area contributed by atoms with E-state index < -0.39 is 6.04 Å². The fourth-order valence-electron chi connectivity index (χ4n) is 5.01. The summed E-state index contributed by atoms with van der Waals surface area (Å²) < 4.78 is 17.0. The number of hydrogen-bond acceptors (Lipinski definition) is 6. The number of benzene rings is 1. The monoisotopic (exact) mass is 428 g/mol. The number of rotatable bonds is 7. The summed E-state index contributed by atoms with van der Waals surface area (Å²) in [6, 6.07) is 7.21. The van der Waals surface area contributed by atoms with Crippen molar-refractivity contribution in [2.75, 3.05) is 41.4 Å². The third kappa shape index (κ3) is 4.08. The molecule has 3 aliphatic rings. The maximum Gasteiger partial charge on any atom is 0.290 e. The van der Waals surface area contributed by atoms with Crippen molar-refractivity contribution in [1.82, 2.24) is 9.80 Å². The van der Waals surface area contributed by atoms with Crippen LogP contribution in [0.25, 0.3) is 0 Å². The second kappa shape index (κ2) is 9.01. The van der Waals surface area contributed by atoms with E-state index in [1.165, 1.54) is 0 Å². The Kier molecular flexibility index (Phi) is 6.34. The minimum Gasteiger partial charge on any atom is -0.497 e. The summed E-state index contributed by atoms with van der Waals surface area (Å²) in [6.07, 6.45) is 2.81. The van der Waals surface area contributed by atoms with Crippen LogP contribution in [0.1, 0.15) is 37.3 Å². The van der Waals surface area contributed by atoms with Gasteiger partial charge in [-0.05, 0) is 57.6 Å². The van der Waals surface area contributed by atoms with Crippen molar-refractivity contribution in [2.24, 2.45) is 5.92 Å². The van der Waals surface area contributed by atoms with Crippen LogP contribution in [0.3, 0.4) is 0 Å². The first-order valence-corrected chi connectivity index (χ1v) is 11.0. The van der Waals surface area contributed by atoms with Gasteiger partial charge in [-0.15, -0.1) is 0 Å². The van der Waals surface area contributed by atoms with Crippen LogP contribution < -0.4 is 4.74 Å². The van der Waals surface area contributed by atoms with Gasteiger partial charge in [0.2, 0.25) is 0 Å². The van der Waals surface area contributed by atoms with E-state index >= 15 is 0 Å². The van der Waals surface area contributed by atoms with Gasteiger partial charge in [-0.1, -0.05) is 12.1 Å². The summed E-state index contributed by atoms with van der Waals surface area (Å²) in [5.74, 6) is 0.658. The minimum atomic E-state index is -0.413. The fourth-order valence-corrected chi connectivity index (χ4v) is 5.01. The normalized spacial score (nSPS) is 28.0. The van der Waals surface area contributed by atoms with E-state index in [0.717, 1.165) is 37.1 Å². The average molecular weight is 429 g/mol. The van der Waals surface area contributed by atoms with E-state index in [2.05, 4.69) is 4.90 Å². The number of fused-ring (bicyclic) bond motifs is 1. The Hall–Kier alpha value is -2.38. The van der Waals surface area contributed by atoms with Crippen LogP contribution in [-0.2, 0) is 19.1 Å². The third-order valence-electron chi connectivity index (χ3n) is 6.67. The number of nitrogens with zero attached hydrogens (tertiary/aromatic N) is 2. The molecular formula is C24H32N2O5. The lowest BCUT2D eigenvalue weighted by molar-refractivity contribution is -0.138. The van der Waals surface area contributed by atoms with Crippen LogP contribution in [-0.4, -0.2) is 75.1 Å². The number of Topliss-reactive ketones (excluding diaryl/α,β-unsaturated/α-hetero) is 1. The zero-order valence-electron chi connectivity index (χ0n) is 18.8. The highest BCUT2D eigenvalue weighted by Crippen LogP contribution is 2.47. The molecule has 1 aliphatic carbocycles. The lowest BCUT2D eigenvalue weighted by Gasteiger charge is -2.38. The molecule has 2 heterocycles. The van der Waals surface area contributed by atoms with Gasteiger partial charge in [0, 0.05) is 20.1 Å². The molecule has 1 fully saturated rings. The first kappa shape index (κ1) is 21.8. The molecule has 0 N–H and O–H groups in total. The van der Waals surface area contributed by atoms with Gasteiger partial charge in [-0.25, -0.2) is 0 Å². The number of amides is 1. The Morgan fingerprint density at radius 2 is 1.87 bits per heavy atom. The largest absolute Gasteiger partial charge is 0.497 e. The average Bonchev–Trinajstić information content (AvgIpc) is 3.05. The number of carbonyl (C=O) groups is 2. The van der Waals surface area contributed by atoms with Crippen molar-refractivity contribution >= 4 is 11.7 Å². The van der Waals surface area contributed by atoms with E-state index in [-0.39, 0.29) is 35.6 Å². The van der Waals surface area contributed by atoms with Crippen LogP contribution in [0, 0.1) is 5.92 Å². The summed E-state index contributed by atoms with van der Waals surface area (Å²) in [6.45, 7) is 1.42. The second-order valence-electron chi connectivity index (χ2n) is 8.87. The molecule has 4 atom stereocenters. The molecule has 2 aliphatic heterocycles. The lowest BCUT2D eigenvalue weighted by Crippen LogP contribution is -2.43. The fraction of sp³-hybridized carbons (Fsp3) is 0.583. The molecular weight excluding hydrogens is 396 g/mol. The van der Waals surface area contributed by atoms with Crippen LogP contribution in [0.15, 0.2) is 35.6 Å². The first-order valence-electron chi connectivity index (χ1n) is 11.0. The van der Waals surface area contributed by atoms with Crippen molar-refractivity contribution in [3.8, 4) is 5.75 Å².